The molecule has 20 heavy (non-hydrogen) atoms. The van der Waals surface area contributed by atoms with Crippen LogP contribution in [0.15, 0.2) is 34.5 Å². The van der Waals surface area contributed by atoms with Crippen LogP contribution in [0.5, 0.6) is 0 Å². The lowest BCUT2D eigenvalue weighted by Crippen LogP contribution is -2.15. The number of benzene rings is 1. The van der Waals surface area contributed by atoms with Crippen molar-refractivity contribution in [3.05, 3.63) is 45.8 Å². The first-order valence-electron chi connectivity index (χ1n) is 6.45. The number of fused-ring (bicyclic) bond motifs is 1. The first-order valence-corrected chi connectivity index (χ1v) is 9.13. The van der Waals surface area contributed by atoms with Gasteiger partial charge in [-0.2, -0.15) is 0 Å². The monoisotopic (exact) mass is 327 g/mol. The van der Waals surface area contributed by atoms with Gasteiger partial charge >= 0.3 is 0 Å². The number of thiophene rings is 1. The Morgan fingerprint density at radius 3 is 2.65 bits per heavy atom. The molecular weight excluding hydrogens is 314 g/mol. The minimum Gasteiger partial charge on any atom is -0.279 e. The summed E-state index contributed by atoms with van der Waals surface area (Å²) in [6.07, 6.45) is 4.23. The predicted octanol–water partition coefficient (Wildman–Crippen LogP) is 4.08. The van der Waals surface area contributed by atoms with E-state index in [4.69, 9.17) is 11.6 Å². The first kappa shape index (κ1) is 13.9. The average molecular weight is 328 g/mol. The number of hydrogen-bond donors (Lipinski definition) is 1. The maximum atomic E-state index is 12.3. The molecule has 1 aromatic heterocycles. The predicted molar refractivity (Wildman–Crippen MR) is 83.2 cm³/mol. The summed E-state index contributed by atoms with van der Waals surface area (Å²) < 4.78 is 28.1. The summed E-state index contributed by atoms with van der Waals surface area (Å²) >= 11 is 6.88. The second kappa shape index (κ2) is 5.39. The fourth-order valence-electron chi connectivity index (χ4n) is 2.51. The van der Waals surface area contributed by atoms with Gasteiger partial charge in [0.15, 0.2) is 0 Å². The Morgan fingerprint density at radius 2 is 1.90 bits per heavy atom. The maximum absolute atomic E-state index is 12.3. The summed E-state index contributed by atoms with van der Waals surface area (Å²) in [7, 11) is -3.54. The minimum atomic E-state index is -3.54. The number of anilines is 1. The highest BCUT2D eigenvalue weighted by molar-refractivity contribution is 7.94. The van der Waals surface area contributed by atoms with Gasteiger partial charge in [0, 0.05) is 0 Å². The van der Waals surface area contributed by atoms with Gasteiger partial charge in [-0.05, 0) is 55.0 Å². The minimum absolute atomic E-state index is 0.246. The molecule has 0 bridgehead atoms. The van der Waals surface area contributed by atoms with Gasteiger partial charge in [0.05, 0.1) is 10.0 Å². The molecule has 0 unspecified atom stereocenters. The summed E-state index contributed by atoms with van der Waals surface area (Å²) in [6.45, 7) is 0. The lowest BCUT2D eigenvalue weighted by atomic mass is 9.91. The number of halogens is 1. The Bertz CT molecular complexity index is 737. The van der Waals surface area contributed by atoms with Gasteiger partial charge in [0.25, 0.3) is 10.0 Å². The van der Waals surface area contributed by atoms with Crippen molar-refractivity contribution in [3.63, 3.8) is 0 Å². The van der Waals surface area contributed by atoms with E-state index in [0.29, 0.717) is 10.0 Å². The standard InChI is InChI=1S/C14H14ClNO2S2/c15-13-8-9-14(19-13)20(17,18)16-12-7-3-5-10-4-1-2-6-11(10)12/h3,5,7-9,16H,1-2,4,6H2. The topological polar surface area (TPSA) is 46.2 Å². The van der Waals surface area contributed by atoms with E-state index >= 15 is 0 Å². The molecule has 0 amide bonds. The van der Waals surface area contributed by atoms with Crippen LogP contribution in [0.2, 0.25) is 4.34 Å². The third kappa shape index (κ3) is 2.71. The zero-order chi connectivity index (χ0) is 14.2. The van der Waals surface area contributed by atoms with Crippen molar-refractivity contribution in [3.8, 4) is 0 Å². The zero-order valence-electron chi connectivity index (χ0n) is 10.7. The molecule has 3 rings (SSSR count). The van der Waals surface area contributed by atoms with Crippen molar-refractivity contribution in [1.29, 1.82) is 0 Å². The maximum Gasteiger partial charge on any atom is 0.271 e. The zero-order valence-corrected chi connectivity index (χ0v) is 13.1. The molecule has 3 nitrogen and oxygen atoms in total. The number of sulfonamides is 1. The Labute approximate surface area is 127 Å². The Morgan fingerprint density at radius 1 is 1.10 bits per heavy atom. The van der Waals surface area contributed by atoms with Crippen molar-refractivity contribution in [2.24, 2.45) is 0 Å². The molecule has 1 aliphatic carbocycles. The molecule has 0 aliphatic heterocycles. The molecule has 0 atom stereocenters. The van der Waals surface area contributed by atoms with Crippen molar-refractivity contribution in [1.82, 2.24) is 0 Å². The second-order valence-corrected chi connectivity index (χ2v) is 8.44. The first-order chi connectivity index (χ1) is 9.56. The van der Waals surface area contributed by atoms with Gasteiger partial charge in [-0.1, -0.05) is 23.7 Å². The fourth-order valence-corrected chi connectivity index (χ4v) is 5.09. The lowest BCUT2D eigenvalue weighted by Gasteiger charge is -2.19. The van der Waals surface area contributed by atoms with Crippen LogP contribution in [0.3, 0.4) is 0 Å². The molecule has 1 aliphatic rings. The highest BCUT2D eigenvalue weighted by Crippen LogP contribution is 2.31. The average Bonchev–Trinajstić information content (AvgIpc) is 2.86. The van der Waals surface area contributed by atoms with Crippen LogP contribution in [0.1, 0.15) is 24.0 Å². The Hall–Kier alpha value is -1.04. The van der Waals surface area contributed by atoms with Crippen molar-refractivity contribution < 1.29 is 8.42 Å². The van der Waals surface area contributed by atoms with Gasteiger partial charge in [0.2, 0.25) is 0 Å². The van der Waals surface area contributed by atoms with E-state index in [1.807, 2.05) is 12.1 Å². The number of aryl methyl sites for hydroxylation is 1. The van der Waals surface area contributed by atoms with Crippen LogP contribution in [-0.2, 0) is 22.9 Å². The van der Waals surface area contributed by atoms with Gasteiger partial charge < -0.3 is 0 Å². The molecule has 106 valence electrons. The lowest BCUT2D eigenvalue weighted by molar-refractivity contribution is 0.603. The van der Waals surface area contributed by atoms with Crippen LogP contribution in [0.4, 0.5) is 5.69 Å². The fraction of sp³-hybridized carbons (Fsp3) is 0.286. The molecule has 1 heterocycles. The summed E-state index contributed by atoms with van der Waals surface area (Å²) in [5.74, 6) is 0. The summed E-state index contributed by atoms with van der Waals surface area (Å²) in [6, 6.07) is 8.95. The highest BCUT2D eigenvalue weighted by atomic mass is 35.5. The van der Waals surface area contributed by atoms with Crippen LogP contribution in [-0.4, -0.2) is 8.42 Å². The molecule has 1 aromatic carbocycles. The van der Waals surface area contributed by atoms with Crippen LogP contribution in [0, 0.1) is 0 Å². The molecule has 0 saturated heterocycles. The van der Waals surface area contributed by atoms with Crippen LogP contribution < -0.4 is 4.72 Å². The third-order valence-electron chi connectivity index (χ3n) is 3.45. The normalized spacial score (nSPS) is 14.8. The van der Waals surface area contributed by atoms with Crippen LogP contribution >= 0.6 is 22.9 Å². The van der Waals surface area contributed by atoms with Crippen molar-refractivity contribution in [2.45, 2.75) is 29.9 Å². The molecular formula is C14H14ClNO2S2. The van der Waals surface area contributed by atoms with E-state index in [0.717, 1.165) is 36.2 Å². The molecule has 0 saturated carbocycles. The van der Waals surface area contributed by atoms with Crippen molar-refractivity contribution in [2.75, 3.05) is 4.72 Å². The van der Waals surface area contributed by atoms with Gasteiger partial charge in [0.1, 0.15) is 4.21 Å². The molecule has 0 spiro atoms. The molecule has 2 aromatic rings. The van der Waals surface area contributed by atoms with Crippen molar-refractivity contribution >= 4 is 38.6 Å². The molecule has 6 heteroatoms. The largest absolute Gasteiger partial charge is 0.279 e. The molecule has 0 fully saturated rings. The Kier molecular flexibility index (Phi) is 3.75. The van der Waals surface area contributed by atoms with Gasteiger partial charge in [-0.25, -0.2) is 8.42 Å². The number of nitrogens with one attached hydrogen (secondary N) is 1. The Balaban J connectivity index is 1.95. The van der Waals surface area contributed by atoms with Gasteiger partial charge in [-0.3, -0.25) is 4.72 Å². The van der Waals surface area contributed by atoms with Gasteiger partial charge in [-0.15, -0.1) is 11.3 Å². The van der Waals surface area contributed by atoms with E-state index in [1.54, 1.807) is 6.07 Å². The highest BCUT2D eigenvalue weighted by Gasteiger charge is 2.20. The summed E-state index contributed by atoms with van der Waals surface area (Å²) in [5, 5.41) is 0. The summed E-state index contributed by atoms with van der Waals surface area (Å²) in [4.78, 5) is 0. The smallest absolute Gasteiger partial charge is 0.271 e. The van der Waals surface area contributed by atoms with E-state index in [2.05, 4.69) is 10.8 Å². The summed E-state index contributed by atoms with van der Waals surface area (Å²) in [5.41, 5.74) is 3.08. The molecule has 1 N–H and O–H groups in total. The van der Waals surface area contributed by atoms with E-state index in [9.17, 15) is 8.42 Å². The SMILES string of the molecule is O=S(=O)(Nc1cccc2c1CCCC2)c1ccc(Cl)s1. The quantitative estimate of drug-likeness (QED) is 0.923. The second-order valence-electron chi connectivity index (χ2n) is 4.81. The third-order valence-corrected chi connectivity index (χ3v) is 6.54. The number of hydrogen-bond acceptors (Lipinski definition) is 3. The van der Waals surface area contributed by atoms with Crippen LogP contribution in [0.25, 0.3) is 0 Å². The van der Waals surface area contributed by atoms with E-state index in [-0.39, 0.29) is 4.21 Å². The van der Waals surface area contributed by atoms with E-state index in [1.165, 1.54) is 18.1 Å². The number of rotatable bonds is 3. The van der Waals surface area contributed by atoms with E-state index < -0.39 is 10.0 Å². The molecule has 0 radical (unpaired) electrons.